The lowest BCUT2D eigenvalue weighted by molar-refractivity contribution is -0.116. The van der Waals surface area contributed by atoms with E-state index >= 15 is 0 Å². The molecule has 122 valence electrons. The minimum absolute atomic E-state index is 0.0164. The monoisotopic (exact) mass is 311 g/mol. The van der Waals surface area contributed by atoms with E-state index in [9.17, 15) is 4.79 Å². The first-order valence-electron chi connectivity index (χ1n) is 8.09. The summed E-state index contributed by atoms with van der Waals surface area (Å²) < 4.78 is 5.39. The number of benzene rings is 2. The van der Waals surface area contributed by atoms with Gasteiger partial charge in [-0.1, -0.05) is 44.2 Å². The molecule has 0 fully saturated rings. The van der Waals surface area contributed by atoms with Crippen molar-refractivity contribution in [1.82, 2.24) is 0 Å². The maximum Gasteiger partial charge on any atom is 0.224 e. The Morgan fingerprint density at radius 1 is 1.04 bits per heavy atom. The molecular formula is C20H25NO2. The number of ether oxygens (including phenoxy) is 1. The molecule has 0 aliphatic carbocycles. The first-order valence-corrected chi connectivity index (χ1v) is 8.09. The predicted molar refractivity (Wildman–Crippen MR) is 94.9 cm³/mol. The number of rotatable bonds is 7. The van der Waals surface area contributed by atoms with Gasteiger partial charge in [0.1, 0.15) is 5.75 Å². The molecule has 0 aliphatic heterocycles. The van der Waals surface area contributed by atoms with Gasteiger partial charge in [-0.3, -0.25) is 4.79 Å². The van der Waals surface area contributed by atoms with Crippen LogP contribution in [0.25, 0.3) is 0 Å². The Hall–Kier alpha value is -2.29. The fraction of sp³-hybridized carbons (Fsp3) is 0.350. The average Bonchev–Trinajstić information content (AvgIpc) is 2.56. The van der Waals surface area contributed by atoms with Crippen molar-refractivity contribution in [1.29, 1.82) is 0 Å². The van der Waals surface area contributed by atoms with Gasteiger partial charge < -0.3 is 10.1 Å². The summed E-state index contributed by atoms with van der Waals surface area (Å²) in [6.07, 6.45) is 1.30. The van der Waals surface area contributed by atoms with Crippen molar-refractivity contribution in [3.05, 3.63) is 60.2 Å². The molecule has 0 aliphatic rings. The third-order valence-corrected chi connectivity index (χ3v) is 3.98. The molecule has 0 unspecified atom stereocenters. The van der Waals surface area contributed by atoms with Gasteiger partial charge in [-0.2, -0.15) is 0 Å². The maximum absolute atomic E-state index is 12.2. The molecule has 3 heteroatoms. The lowest BCUT2D eigenvalue weighted by Gasteiger charge is -2.25. The molecule has 0 spiro atoms. The van der Waals surface area contributed by atoms with Crippen molar-refractivity contribution >= 4 is 11.6 Å². The zero-order valence-corrected chi connectivity index (χ0v) is 14.1. The van der Waals surface area contributed by atoms with Crippen molar-refractivity contribution < 1.29 is 9.53 Å². The van der Waals surface area contributed by atoms with Crippen LogP contribution in [-0.4, -0.2) is 12.5 Å². The average molecular weight is 311 g/mol. The molecule has 0 bridgehead atoms. The largest absolute Gasteiger partial charge is 0.494 e. The molecule has 0 heterocycles. The van der Waals surface area contributed by atoms with Crippen LogP contribution in [0, 0.1) is 0 Å². The topological polar surface area (TPSA) is 38.3 Å². The molecule has 3 nitrogen and oxygen atoms in total. The van der Waals surface area contributed by atoms with Gasteiger partial charge in [-0.15, -0.1) is 0 Å². The zero-order valence-electron chi connectivity index (χ0n) is 14.1. The molecule has 23 heavy (non-hydrogen) atoms. The Morgan fingerprint density at radius 3 is 2.30 bits per heavy atom. The quantitative estimate of drug-likeness (QED) is 0.799. The van der Waals surface area contributed by atoms with E-state index in [0.29, 0.717) is 13.0 Å². The Morgan fingerprint density at radius 2 is 1.70 bits per heavy atom. The molecule has 2 aromatic rings. The molecule has 0 aromatic heterocycles. The Bertz CT molecular complexity index is 618. The van der Waals surface area contributed by atoms with Gasteiger partial charge in [0.2, 0.25) is 5.91 Å². The fourth-order valence-corrected chi connectivity index (χ4v) is 2.48. The summed E-state index contributed by atoms with van der Waals surface area (Å²) in [6, 6.07) is 17.8. The third kappa shape index (κ3) is 5.13. The summed E-state index contributed by atoms with van der Waals surface area (Å²) in [5.41, 5.74) is 2.04. The Labute approximate surface area is 138 Å². The predicted octanol–water partition coefficient (Wildman–Crippen LogP) is 4.78. The van der Waals surface area contributed by atoms with Crippen LogP contribution >= 0.6 is 0 Å². The molecule has 0 saturated carbocycles. The number of hydrogen-bond donors (Lipinski definition) is 1. The maximum atomic E-state index is 12.2. The van der Waals surface area contributed by atoms with Gasteiger partial charge >= 0.3 is 0 Å². The first-order chi connectivity index (χ1) is 11.0. The highest BCUT2D eigenvalue weighted by molar-refractivity contribution is 5.90. The second-order valence-corrected chi connectivity index (χ2v) is 6.26. The van der Waals surface area contributed by atoms with Gasteiger partial charge in [0.25, 0.3) is 0 Å². The van der Waals surface area contributed by atoms with Gasteiger partial charge in [0.05, 0.1) is 6.61 Å². The van der Waals surface area contributed by atoms with Crippen molar-refractivity contribution in [2.45, 2.75) is 39.0 Å². The first kappa shape index (κ1) is 17.1. The van der Waals surface area contributed by atoms with Crippen molar-refractivity contribution in [3.63, 3.8) is 0 Å². The van der Waals surface area contributed by atoms with Crippen LogP contribution in [0.1, 0.15) is 39.2 Å². The Balaban J connectivity index is 1.87. The third-order valence-electron chi connectivity index (χ3n) is 3.98. The van der Waals surface area contributed by atoms with Crippen LogP contribution in [0.15, 0.2) is 54.6 Å². The normalized spacial score (nSPS) is 11.1. The van der Waals surface area contributed by atoms with Gasteiger partial charge in [-0.05, 0) is 48.6 Å². The number of amides is 1. The lowest BCUT2D eigenvalue weighted by Crippen LogP contribution is -2.21. The van der Waals surface area contributed by atoms with E-state index in [1.165, 1.54) is 5.56 Å². The van der Waals surface area contributed by atoms with Crippen LogP contribution < -0.4 is 10.1 Å². The highest BCUT2D eigenvalue weighted by atomic mass is 16.5. The smallest absolute Gasteiger partial charge is 0.224 e. The molecule has 2 aromatic carbocycles. The van der Waals surface area contributed by atoms with Gasteiger partial charge in [0.15, 0.2) is 0 Å². The van der Waals surface area contributed by atoms with E-state index in [1.54, 1.807) is 0 Å². The van der Waals surface area contributed by atoms with E-state index in [0.717, 1.165) is 17.9 Å². The van der Waals surface area contributed by atoms with E-state index < -0.39 is 0 Å². The highest BCUT2D eigenvalue weighted by Gasteiger charge is 2.21. The molecule has 0 radical (unpaired) electrons. The number of carbonyl (C=O) groups is 1. The highest BCUT2D eigenvalue weighted by Crippen LogP contribution is 2.28. The number of carbonyl (C=O) groups excluding carboxylic acids is 1. The summed E-state index contributed by atoms with van der Waals surface area (Å²) in [5, 5.41) is 2.94. The van der Waals surface area contributed by atoms with Gasteiger partial charge in [0, 0.05) is 12.1 Å². The van der Waals surface area contributed by atoms with Crippen LogP contribution in [0.4, 0.5) is 5.69 Å². The van der Waals surface area contributed by atoms with E-state index in [2.05, 4.69) is 31.3 Å². The second kappa shape index (κ2) is 7.82. The van der Waals surface area contributed by atoms with E-state index in [1.807, 2.05) is 49.4 Å². The molecule has 2 rings (SSSR count). The van der Waals surface area contributed by atoms with Crippen LogP contribution in [0.2, 0.25) is 0 Å². The molecular weight excluding hydrogens is 286 g/mol. The van der Waals surface area contributed by atoms with Crippen LogP contribution in [0.5, 0.6) is 5.75 Å². The minimum atomic E-state index is -0.0164. The molecule has 1 N–H and O–H groups in total. The zero-order chi connectivity index (χ0) is 16.7. The molecule has 0 atom stereocenters. The summed E-state index contributed by atoms with van der Waals surface area (Å²) in [4.78, 5) is 12.2. The second-order valence-electron chi connectivity index (χ2n) is 6.26. The lowest BCUT2D eigenvalue weighted by atomic mass is 9.80. The number of nitrogens with one attached hydrogen (secondary N) is 1. The summed E-state index contributed by atoms with van der Waals surface area (Å²) in [6.45, 7) is 6.93. The number of hydrogen-bond acceptors (Lipinski definition) is 2. The van der Waals surface area contributed by atoms with E-state index in [4.69, 9.17) is 4.74 Å². The van der Waals surface area contributed by atoms with Crippen molar-refractivity contribution in [2.75, 3.05) is 11.9 Å². The SMILES string of the molecule is CCOc1ccc(NC(=O)CCC(C)(C)c2ccccc2)cc1. The fourth-order valence-electron chi connectivity index (χ4n) is 2.48. The summed E-state index contributed by atoms with van der Waals surface area (Å²) in [5.74, 6) is 0.855. The Kier molecular flexibility index (Phi) is 5.80. The van der Waals surface area contributed by atoms with Crippen molar-refractivity contribution in [3.8, 4) is 5.75 Å². The molecule has 1 amide bonds. The summed E-state index contributed by atoms with van der Waals surface area (Å²) in [7, 11) is 0. The van der Waals surface area contributed by atoms with Crippen LogP contribution in [-0.2, 0) is 10.2 Å². The standard InChI is InChI=1S/C20H25NO2/c1-4-23-18-12-10-17(11-13-18)21-19(22)14-15-20(2,3)16-8-6-5-7-9-16/h5-13H,4,14-15H2,1-3H3,(H,21,22). The van der Waals surface area contributed by atoms with Crippen LogP contribution in [0.3, 0.4) is 0 Å². The van der Waals surface area contributed by atoms with Crippen molar-refractivity contribution in [2.24, 2.45) is 0 Å². The molecule has 0 saturated heterocycles. The summed E-state index contributed by atoms with van der Waals surface area (Å²) >= 11 is 0. The van der Waals surface area contributed by atoms with Gasteiger partial charge in [-0.25, -0.2) is 0 Å². The van der Waals surface area contributed by atoms with E-state index in [-0.39, 0.29) is 11.3 Å². The minimum Gasteiger partial charge on any atom is -0.494 e. The number of anilines is 1.